The summed E-state index contributed by atoms with van der Waals surface area (Å²) in [6.45, 7) is 0. The summed E-state index contributed by atoms with van der Waals surface area (Å²) >= 11 is 5.92. The molecular formula is C20H13ClN2O4. The topological polar surface area (TPSA) is 95.1 Å². The summed E-state index contributed by atoms with van der Waals surface area (Å²) < 4.78 is 5.69. The molecule has 0 aliphatic rings. The average Bonchev–Trinajstić information content (AvgIpc) is 2.61. The van der Waals surface area contributed by atoms with Crippen LogP contribution in [0.3, 0.4) is 0 Å². The number of nitrogens with zero attached hydrogens (tertiary/aromatic N) is 1. The standard InChI is InChI=1S/C20H13ClN2O4/c21-12-2-1-3-13(7-12)23-22-10-11-4-5-15-17(6-11)27-18-9-14(24)8-16(25)19(18)20(15)26/h1-10,23-25H/b22-10+. The van der Waals surface area contributed by atoms with Gasteiger partial charge in [-0.3, -0.25) is 10.2 Å². The van der Waals surface area contributed by atoms with Crippen LogP contribution < -0.4 is 10.9 Å². The van der Waals surface area contributed by atoms with Gasteiger partial charge in [-0.05, 0) is 35.9 Å². The minimum absolute atomic E-state index is 0.0318. The second-order valence-corrected chi connectivity index (χ2v) is 6.34. The van der Waals surface area contributed by atoms with E-state index in [-0.39, 0.29) is 27.9 Å². The zero-order valence-corrected chi connectivity index (χ0v) is 14.6. The van der Waals surface area contributed by atoms with Crippen molar-refractivity contribution in [1.29, 1.82) is 0 Å². The Morgan fingerprint density at radius 2 is 1.89 bits per heavy atom. The van der Waals surface area contributed by atoms with Crippen LogP contribution in [0.1, 0.15) is 5.56 Å². The number of fused-ring (bicyclic) bond motifs is 2. The molecule has 4 aromatic rings. The fourth-order valence-corrected chi connectivity index (χ4v) is 2.97. The van der Waals surface area contributed by atoms with Crippen LogP contribution in [0.25, 0.3) is 21.9 Å². The molecule has 0 atom stereocenters. The van der Waals surface area contributed by atoms with Crippen LogP contribution in [-0.4, -0.2) is 16.4 Å². The van der Waals surface area contributed by atoms with Gasteiger partial charge in [0.05, 0.1) is 17.3 Å². The lowest BCUT2D eigenvalue weighted by molar-refractivity contribution is 0.453. The number of halogens is 1. The number of aromatic hydroxyl groups is 2. The van der Waals surface area contributed by atoms with Crippen molar-refractivity contribution in [3.05, 3.63) is 75.4 Å². The van der Waals surface area contributed by atoms with Crippen LogP contribution in [0.15, 0.2) is 68.9 Å². The molecule has 6 nitrogen and oxygen atoms in total. The highest BCUT2D eigenvalue weighted by atomic mass is 35.5. The predicted molar refractivity (Wildman–Crippen MR) is 106 cm³/mol. The van der Waals surface area contributed by atoms with Crippen molar-refractivity contribution in [2.24, 2.45) is 5.10 Å². The maximum Gasteiger partial charge on any atom is 0.204 e. The first-order valence-electron chi connectivity index (χ1n) is 7.98. The summed E-state index contributed by atoms with van der Waals surface area (Å²) in [5, 5.41) is 24.6. The quantitative estimate of drug-likeness (QED) is 0.277. The second-order valence-electron chi connectivity index (χ2n) is 5.91. The lowest BCUT2D eigenvalue weighted by Gasteiger charge is -2.05. The Balaban J connectivity index is 1.72. The molecule has 0 saturated carbocycles. The van der Waals surface area contributed by atoms with Gasteiger partial charge in [0, 0.05) is 17.2 Å². The van der Waals surface area contributed by atoms with Crippen molar-refractivity contribution in [3.63, 3.8) is 0 Å². The number of phenols is 2. The molecule has 1 heterocycles. The summed E-state index contributed by atoms with van der Waals surface area (Å²) in [6.07, 6.45) is 1.57. The predicted octanol–water partition coefficient (Wildman–Crippen LogP) is 4.46. The smallest absolute Gasteiger partial charge is 0.204 e. The van der Waals surface area contributed by atoms with Gasteiger partial charge in [0.1, 0.15) is 28.1 Å². The molecule has 0 aliphatic heterocycles. The Morgan fingerprint density at radius 3 is 2.70 bits per heavy atom. The van der Waals surface area contributed by atoms with Gasteiger partial charge in [0.25, 0.3) is 0 Å². The molecule has 0 fully saturated rings. The van der Waals surface area contributed by atoms with Gasteiger partial charge < -0.3 is 14.6 Å². The molecule has 3 N–H and O–H groups in total. The van der Waals surface area contributed by atoms with E-state index in [2.05, 4.69) is 10.5 Å². The maximum absolute atomic E-state index is 12.6. The molecule has 0 radical (unpaired) electrons. The molecule has 3 aromatic carbocycles. The molecule has 4 rings (SSSR count). The summed E-state index contributed by atoms with van der Waals surface area (Å²) in [6, 6.07) is 14.5. The molecule has 1 aromatic heterocycles. The lowest BCUT2D eigenvalue weighted by Crippen LogP contribution is -2.02. The number of nitrogens with one attached hydrogen (secondary N) is 1. The van der Waals surface area contributed by atoms with Crippen molar-refractivity contribution in [1.82, 2.24) is 0 Å². The van der Waals surface area contributed by atoms with Gasteiger partial charge in [-0.25, -0.2) is 0 Å². The van der Waals surface area contributed by atoms with Crippen LogP contribution in [0.2, 0.25) is 5.02 Å². The maximum atomic E-state index is 12.6. The van der Waals surface area contributed by atoms with Gasteiger partial charge >= 0.3 is 0 Å². The van der Waals surface area contributed by atoms with Gasteiger partial charge in [-0.1, -0.05) is 23.7 Å². The third-order valence-electron chi connectivity index (χ3n) is 4.00. The molecule has 27 heavy (non-hydrogen) atoms. The zero-order chi connectivity index (χ0) is 19.0. The monoisotopic (exact) mass is 380 g/mol. The third kappa shape index (κ3) is 3.30. The van der Waals surface area contributed by atoms with E-state index in [1.54, 1.807) is 42.6 Å². The van der Waals surface area contributed by atoms with Crippen molar-refractivity contribution < 1.29 is 14.6 Å². The molecule has 7 heteroatoms. The number of rotatable bonds is 3. The molecule has 0 saturated heterocycles. The van der Waals surface area contributed by atoms with E-state index in [4.69, 9.17) is 16.0 Å². The number of hydrogen-bond donors (Lipinski definition) is 3. The zero-order valence-electron chi connectivity index (χ0n) is 13.8. The third-order valence-corrected chi connectivity index (χ3v) is 4.23. The Bertz CT molecular complexity index is 1260. The van der Waals surface area contributed by atoms with Gasteiger partial charge in [-0.15, -0.1) is 0 Å². The number of hydrazone groups is 1. The van der Waals surface area contributed by atoms with Crippen molar-refractivity contribution in [2.75, 3.05) is 5.43 Å². The van der Waals surface area contributed by atoms with E-state index in [1.807, 2.05) is 6.07 Å². The Labute approximate surface area is 157 Å². The number of anilines is 1. The number of phenolic OH excluding ortho intramolecular Hbond substituents is 2. The normalized spacial score (nSPS) is 11.4. The SMILES string of the molecule is O=c1c2ccc(/C=N/Nc3cccc(Cl)c3)cc2oc2cc(O)cc(O)c12. The largest absolute Gasteiger partial charge is 0.508 e. The highest BCUT2D eigenvalue weighted by Crippen LogP contribution is 2.29. The van der Waals surface area contributed by atoms with Gasteiger partial charge in [0.2, 0.25) is 5.43 Å². The first-order chi connectivity index (χ1) is 13.0. The van der Waals surface area contributed by atoms with Crippen LogP contribution in [0, 0.1) is 0 Å². The highest BCUT2D eigenvalue weighted by molar-refractivity contribution is 6.30. The van der Waals surface area contributed by atoms with Crippen LogP contribution in [0.5, 0.6) is 11.5 Å². The van der Waals surface area contributed by atoms with Crippen LogP contribution >= 0.6 is 11.6 Å². The average molecular weight is 381 g/mol. The summed E-state index contributed by atoms with van der Waals surface area (Å²) in [5.41, 5.74) is 4.36. The first kappa shape index (κ1) is 16.9. The Morgan fingerprint density at radius 1 is 1.04 bits per heavy atom. The van der Waals surface area contributed by atoms with E-state index in [1.165, 1.54) is 6.07 Å². The lowest BCUT2D eigenvalue weighted by atomic mass is 10.1. The van der Waals surface area contributed by atoms with E-state index >= 15 is 0 Å². The van der Waals surface area contributed by atoms with Crippen LogP contribution in [-0.2, 0) is 0 Å². The molecule has 0 spiro atoms. The van der Waals surface area contributed by atoms with Crippen LogP contribution in [0.4, 0.5) is 5.69 Å². The van der Waals surface area contributed by atoms with E-state index in [9.17, 15) is 15.0 Å². The summed E-state index contributed by atoms with van der Waals surface area (Å²) in [5.74, 6) is -0.511. The van der Waals surface area contributed by atoms with Crippen molar-refractivity contribution >= 4 is 45.4 Å². The Kier molecular flexibility index (Phi) is 4.18. The minimum Gasteiger partial charge on any atom is -0.508 e. The molecular weight excluding hydrogens is 368 g/mol. The van der Waals surface area contributed by atoms with E-state index in [0.717, 1.165) is 11.8 Å². The van der Waals surface area contributed by atoms with Crippen molar-refractivity contribution in [3.8, 4) is 11.5 Å². The minimum atomic E-state index is -0.371. The molecule has 0 unspecified atom stereocenters. The number of benzene rings is 3. The Hall–Kier alpha value is -3.51. The van der Waals surface area contributed by atoms with E-state index in [0.29, 0.717) is 21.6 Å². The second kappa shape index (κ2) is 6.66. The fourth-order valence-electron chi connectivity index (χ4n) is 2.78. The van der Waals surface area contributed by atoms with Gasteiger partial charge in [0.15, 0.2) is 0 Å². The first-order valence-corrected chi connectivity index (χ1v) is 8.36. The highest BCUT2D eigenvalue weighted by Gasteiger charge is 2.13. The van der Waals surface area contributed by atoms with E-state index < -0.39 is 0 Å². The molecule has 0 bridgehead atoms. The molecule has 0 aliphatic carbocycles. The molecule has 0 amide bonds. The van der Waals surface area contributed by atoms with Crippen molar-refractivity contribution in [2.45, 2.75) is 0 Å². The fraction of sp³-hybridized carbons (Fsp3) is 0. The summed E-state index contributed by atoms with van der Waals surface area (Å²) in [4.78, 5) is 12.6. The number of hydrogen-bond acceptors (Lipinski definition) is 6. The van der Waals surface area contributed by atoms with Gasteiger partial charge in [-0.2, -0.15) is 5.10 Å². The molecule has 134 valence electrons. The summed E-state index contributed by atoms with van der Waals surface area (Å²) in [7, 11) is 0.